The Balaban J connectivity index is 1.98. The monoisotopic (exact) mass is 782 g/mol. The maximum atomic E-state index is 14.2. The minimum absolute atomic E-state index is 0.0154. The van der Waals surface area contributed by atoms with E-state index in [-0.39, 0.29) is 33.4 Å². The van der Waals surface area contributed by atoms with Crippen LogP contribution in [0.15, 0.2) is 41.2 Å². The number of aromatic hydroxyl groups is 3. The van der Waals surface area contributed by atoms with E-state index >= 15 is 0 Å². The topological polar surface area (TPSA) is 269 Å². The second kappa shape index (κ2) is 17.0. The Morgan fingerprint density at radius 1 is 0.982 bits per heavy atom. The summed E-state index contributed by atoms with van der Waals surface area (Å²) >= 11 is 0. The van der Waals surface area contributed by atoms with E-state index < -0.39 is 106 Å². The first kappa shape index (κ1) is 43.1. The number of rotatable bonds is 4. The molecular formula is C39H50N4O13. The van der Waals surface area contributed by atoms with Gasteiger partial charge >= 0.3 is 17.8 Å². The average Bonchev–Trinajstić information content (AvgIpc) is 3.41. The summed E-state index contributed by atoms with van der Waals surface area (Å²) in [5, 5.41) is 62.9. The molecule has 2 aromatic rings. The van der Waals surface area contributed by atoms with Crippen molar-refractivity contribution in [2.45, 2.75) is 85.6 Å². The van der Waals surface area contributed by atoms with E-state index in [1.54, 1.807) is 33.8 Å². The fourth-order valence-electron chi connectivity index (χ4n) is 7.03. The Morgan fingerprint density at radius 2 is 1.64 bits per heavy atom. The zero-order valence-electron chi connectivity index (χ0n) is 32.6. The molecule has 0 aliphatic carbocycles. The quantitative estimate of drug-likeness (QED) is 0.0723. The summed E-state index contributed by atoms with van der Waals surface area (Å²) in [6.45, 7) is 12.2. The van der Waals surface area contributed by atoms with Crippen molar-refractivity contribution < 1.29 is 63.7 Å². The Morgan fingerprint density at radius 3 is 2.25 bits per heavy atom. The summed E-state index contributed by atoms with van der Waals surface area (Å²) < 4.78 is 23.3. The number of aliphatic hydroxyl groups is 2. The molecular weight excluding hydrogens is 732 g/mol. The molecule has 0 fully saturated rings. The SMILES string of the molecule is COC1/C=C\OC2(C)Oc3c(C)c(O)c4c(O)c(c(/C=N/NC(N)=O)c(O)c4c3C2=O)NC(=O)/C(C)=C\C=C/C(C)C(O)C(C)C(O)C(C)C(OC(C)=O)C1C. The number of nitrogens with one attached hydrogen (secondary N) is 2. The number of fused-ring (bicyclic) bond motifs is 14. The highest BCUT2D eigenvalue weighted by atomic mass is 16.7. The van der Waals surface area contributed by atoms with Gasteiger partial charge in [-0.2, -0.15) is 5.10 Å². The molecule has 0 saturated carbocycles. The molecule has 56 heavy (non-hydrogen) atoms. The number of hydrogen-bond acceptors (Lipinski definition) is 14. The molecule has 0 radical (unpaired) electrons. The number of esters is 1. The lowest BCUT2D eigenvalue weighted by molar-refractivity contribution is -0.160. The van der Waals surface area contributed by atoms with Gasteiger partial charge in [-0.05, 0) is 19.9 Å². The van der Waals surface area contributed by atoms with Gasteiger partial charge in [-0.3, -0.25) is 14.4 Å². The number of ether oxygens (including phenoxy) is 4. The summed E-state index contributed by atoms with van der Waals surface area (Å²) in [4.78, 5) is 51.4. The number of nitrogens with zero attached hydrogens (tertiary/aromatic N) is 1. The van der Waals surface area contributed by atoms with Gasteiger partial charge in [-0.1, -0.05) is 45.9 Å². The molecule has 17 nitrogen and oxygen atoms in total. The third-order valence-corrected chi connectivity index (χ3v) is 10.4. The van der Waals surface area contributed by atoms with Gasteiger partial charge in [0.25, 0.3) is 11.7 Å². The summed E-state index contributed by atoms with van der Waals surface area (Å²) in [6, 6.07) is -1.07. The van der Waals surface area contributed by atoms with Crippen LogP contribution in [0.2, 0.25) is 0 Å². The number of anilines is 1. The molecule has 5 bridgehead atoms. The highest BCUT2D eigenvalue weighted by Gasteiger charge is 2.50. The number of aliphatic hydroxyl groups excluding tert-OH is 2. The van der Waals surface area contributed by atoms with Crippen molar-refractivity contribution >= 4 is 46.4 Å². The van der Waals surface area contributed by atoms with Crippen molar-refractivity contribution in [3.05, 3.63) is 52.8 Å². The van der Waals surface area contributed by atoms with Crippen molar-refractivity contribution in [1.82, 2.24) is 5.43 Å². The van der Waals surface area contributed by atoms with Crippen LogP contribution in [0.5, 0.6) is 23.0 Å². The number of amides is 3. The molecule has 3 amide bonds. The molecule has 17 heteroatoms. The second-order valence-corrected chi connectivity index (χ2v) is 14.4. The normalized spacial score (nSPS) is 30.9. The predicted molar refractivity (Wildman–Crippen MR) is 204 cm³/mol. The molecule has 5 rings (SSSR count). The number of carbonyl (C=O) groups excluding carboxylic acids is 4. The number of benzene rings is 2. The lowest BCUT2D eigenvalue weighted by Gasteiger charge is -2.38. The van der Waals surface area contributed by atoms with Crippen molar-refractivity contribution in [1.29, 1.82) is 0 Å². The zero-order chi connectivity index (χ0) is 42.0. The molecule has 9 unspecified atom stereocenters. The first-order valence-corrected chi connectivity index (χ1v) is 17.8. The molecule has 0 aromatic heterocycles. The fraction of sp³-hybridized carbons (Fsp3) is 0.462. The number of hydrazone groups is 1. The summed E-state index contributed by atoms with van der Waals surface area (Å²) in [7, 11) is 1.40. The Hall–Kier alpha value is -5.65. The molecule has 9 N–H and O–H groups in total. The molecule has 9 atom stereocenters. The number of allylic oxidation sites excluding steroid dienone is 2. The summed E-state index contributed by atoms with van der Waals surface area (Å²) in [6.07, 6.45) is 4.02. The fourth-order valence-corrected chi connectivity index (χ4v) is 7.03. The lowest BCUT2D eigenvalue weighted by atomic mass is 9.78. The third-order valence-electron chi connectivity index (χ3n) is 10.4. The number of nitrogens with two attached hydrogens (primary N) is 1. The highest BCUT2D eigenvalue weighted by Crippen LogP contribution is 2.55. The van der Waals surface area contributed by atoms with Crippen LogP contribution in [-0.2, 0) is 23.8 Å². The molecule has 3 aliphatic rings. The van der Waals surface area contributed by atoms with E-state index in [0.29, 0.717) is 0 Å². The minimum Gasteiger partial charge on any atom is -0.507 e. The number of methoxy groups -OCH3 is 1. The van der Waals surface area contributed by atoms with Crippen molar-refractivity contribution in [2.24, 2.45) is 34.5 Å². The van der Waals surface area contributed by atoms with Gasteiger partial charge in [0.15, 0.2) is 5.75 Å². The maximum absolute atomic E-state index is 14.2. The van der Waals surface area contributed by atoms with Crippen LogP contribution >= 0.6 is 0 Å². The smallest absolute Gasteiger partial charge is 0.332 e. The van der Waals surface area contributed by atoms with Crippen LogP contribution in [0.25, 0.3) is 10.8 Å². The van der Waals surface area contributed by atoms with Crippen LogP contribution < -0.4 is 21.2 Å². The first-order valence-electron chi connectivity index (χ1n) is 17.8. The third kappa shape index (κ3) is 8.29. The Bertz CT molecular complexity index is 2030. The lowest BCUT2D eigenvalue weighted by Crippen LogP contribution is -2.46. The standard InChI is InChI=1S/C39H50N4O13/c1-16-11-10-12-17(2)37(51)42-28-23(15-41-43-38(40)52)32(48)25-26(33(28)49)31(47)21(6)35-27(25)36(50)39(8,56-35)54-14-13-24(53-9)18(3)34(55-22(7)44)20(5)30(46)19(4)29(16)45/h10-16,18-20,24,29-30,34,45-49H,1-9H3,(H,42,51)(H3,40,43,52)/b11-10-,14-13-,17-12-,41-15+. The number of hydrogen-bond donors (Lipinski definition) is 8. The van der Waals surface area contributed by atoms with Crippen molar-refractivity contribution in [3.63, 3.8) is 0 Å². The number of urea groups is 1. The van der Waals surface area contributed by atoms with Gasteiger partial charge in [0.05, 0.1) is 53.0 Å². The molecule has 304 valence electrons. The number of carbonyl (C=O) groups is 4. The van der Waals surface area contributed by atoms with E-state index in [2.05, 4.69) is 10.4 Å². The zero-order valence-corrected chi connectivity index (χ0v) is 32.6. The van der Waals surface area contributed by atoms with E-state index in [9.17, 15) is 44.7 Å². The molecule has 0 saturated heterocycles. The number of Topliss-reactive ketones (excluding diaryl/α,β-unsaturated/α-hetero) is 1. The number of phenols is 3. The summed E-state index contributed by atoms with van der Waals surface area (Å²) in [5.74, 6) is -9.24. The maximum Gasteiger partial charge on any atom is 0.332 e. The van der Waals surface area contributed by atoms with Crippen LogP contribution in [-0.4, -0.2) is 92.8 Å². The van der Waals surface area contributed by atoms with Crippen LogP contribution in [0.3, 0.4) is 0 Å². The van der Waals surface area contributed by atoms with Gasteiger partial charge in [0.1, 0.15) is 23.4 Å². The van der Waals surface area contributed by atoms with E-state index in [0.717, 1.165) is 12.5 Å². The highest BCUT2D eigenvalue weighted by molar-refractivity contribution is 6.23. The van der Waals surface area contributed by atoms with E-state index in [4.69, 9.17) is 24.7 Å². The summed E-state index contributed by atoms with van der Waals surface area (Å²) in [5.41, 5.74) is 6.04. The number of ketones is 1. The Labute approximate surface area is 323 Å². The van der Waals surface area contributed by atoms with Gasteiger partial charge in [-0.15, -0.1) is 0 Å². The van der Waals surface area contributed by atoms with Crippen LogP contribution in [0, 0.1) is 30.6 Å². The largest absolute Gasteiger partial charge is 0.507 e. The van der Waals surface area contributed by atoms with Crippen molar-refractivity contribution in [2.75, 3.05) is 12.4 Å². The molecule has 2 aromatic carbocycles. The minimum atomic E-state index is -2.10. The second-order valence-electron chi connectivity index (χ2n) is 14.4. The number of phenolic OH excluding ortho intramolecular Hbond substituents is 3. The van der Waals surface area contributed by atoms with Gasteiger partial charge in [0, 0.05) is 61.2 Å². The van der Waals surface area contributed by atoms with E-state index in [1.807, 2.05) is 5.43 Å². The van der Waals surface area contributed by atoms with Gasteiger partial charge in [-0.25, -0.2) is 10.2 Å². The molecule has 3 aliphatic heterocycles. The van der Waals surface area contributed by atoms with Gasteiger partial charge in [0.2, 0.25) is 0 Å². The van der Waals surface area contributed by atoms with Gasteiger partial charge < -0.3 is 55.5 Å². The molecule has 0 spiro atoms. The predicted octanol–water partition coefficient (Wildman–Crippen LogP) is 3.76. The number of primary amides is 1. The first-order chi connectivity index (χ1) is 26.2. The van der Waals surface area contributed by atoms with E-state index in [1.165, 1.54) is 53.0 Å². The van der Waals surface area contributed by atoms with Crippen LogP contribution in [0.4, 0.5) is 10.5 Å². The van der Waals surface area contributed by atoms with Crippen molar-refractivity contribution in [3.8, 4) is 23.0 Å². The average molecular weight is 783 g/mol. The molecule has 3 heterocycles. The van der Waals surface area contributed by atoms with Crippen LogP contribution in [0.1, 0.15) is 70.0 Å². The Kier molecular flexibility index (Phi) is 13.1.